The van der Waals surface area contributed by atoms with Crippen LogP contribution >= 0.6 is 0 Å². The molecule has 2 atom stereocenters. The molecule has 0 fully saturated rings. The van der Waals surface area contributed by atoms with Gasteiger partial charge in [0, 0.05) is 0 Å². The number of halogens is 1. The topological polar surface area (TPSA) is 84.5 Å². The SMILES string of the molecule is CCC(NC(=O)[C@H](CC(C)C)NC(=O)OCc1ccccc1)C(=O)CF. The summed E-state index contributed by atoms with van der Waals surface area (Å²) >= 11 is 0. The molecule has 1 unspecified atom stereocenters. The van der Waals surface area contributed by atoms with Crippen LogP contribution in [0.4, 0.5) is 9.18 Å². The minimum atomic E-state index is -1.14. The number of hydrogen-bond acceptors (Lipinski definition) is 4. The van der Waals surface area contributed by atoms with Crippen molar-refractivity contribution in [2.24, 2.45) is 5.92 Å². The molecular formula is C19H27FN2O4. The van der Waals surface area contributed by atoms with Crippen LogP contribution in [0.15, 0.2) is 30.3 Å². The third-order valence-corrected chi connectivity index (χ3v) is 3.77. The highest BCUT2D eigenvalue weighted by Gasteiger charge is 2.26. The summed E-state index contributed by atoms with van der Waals surface area (Å²) in [4.78, 5) is 35.9. The van der Waals surface area contributed by atoms with Crippen molar-refractivity contribution in [2.45, 2.75) is 52.3 Å². The number of nitrogens with one attached hydrogen (secondary N) is 2. The number of amides is 2. The molecule has 0 aliphatic carbocycles. The van der Waals surface area contributed by atoms with Gasteiger partial charge in [0.15, 0.2) is 5.78 Å². The highest BCUT2D eigenvalue weighted by atomic mass is 19.1. The van der Waals surface area contributed by atoms with Gasteiger partial charge in [0.1, 0.15) is 19.3 Å². The van der Waals surface area contributed by atoms with E-state index in [2.05, 4.69) is 10.6 Å². The molecule has 1 aromatic rings. The number of benzene rings is 1. The molecule has 144 valence electrons. The second-order valence-electron chi connectivity index (χ2n) is 6.46. The second-order valence-corrected chi connectivity index (χ2v) is 6.46. The van der Waals surface area contributed by atoms with Gasteiger partial charge in [-0.05, 0) is 24.3 Å². The summed E-state index contributed by atoms with van der Waals surface area (Å²) in [5, 5.41) is 5.03. The third-order valence-electron chi connectivity index (χ3n) is 3.77. The van der Waals surface area contributed by atoms with Crippen LogP contribution in [0.25, 0.3) is 0 Å². The maximum absolute atomic E-state index is 12.6. The second kappa shape index (κ2) is 11.2. The Hall–Kier alpha value is -2.44. The molecule has 1 rings (SSSR count). The van der Waals surface area contributed by atoms with E-state index in [1.807, 2.05) is 44.2 Å². The van der Waals surface area contributed by atoms with Crippen LogP contribution in [-0.2, 0) is 20.9 Å². The largest absolute Gasteiger partial charge is 0.445 e. The predicted octanol–water partition coefficient (Wildman–Crippen LogP) is 2.76. The number of ether oxygens (including phenoxy) is 1. The van der Waals surface area contributed by atoms with Gasteiger partial charge < -0.3 is 15.4 Å². The average molecular weight is 366 g/mol. The van der Waals surface area contributed by atoms with Crippen molar-refractivity contribution in [3.05, 3.63) is 35.9 Å². The lowest BCUT2D eigenvalue weighted by molar-refractivity contribution is -0.129. The Balaban J connectivity index is 2.65. The summed E-state index contributed by atoms with van der Waals surface area (Å²) in [5.41, 5.74) is 0.826. The fraction of sp³-hybridized carbons (Fsp3) is 0.526. The van der Waals surface area contributed by atoms with Crippen LogP contribution in [-0.4, -0.2) is 36.5 Å². The van der Waals surface area contributed by atoms with Gasteiger partial charge in [0.2, 0.25) is 5.91 Å². The molecule has 0 heterocycles. The smallest absolute Gasteiger partial charge is 0.408 e. The Labute approximate surface area is 153 Å². The van der Waals surface area contributed by atoms with Gasteiger partial charge in [-0.1, -0.05) is 51.1 Å². The van der Waals surface area contributed by atoms with Gasteiger partial charge >= 0.3 is 6.09 Å². The van der Waals surface area contributed by atoms with Gasteiger partial charge in [0.05, 0.1) is 6.04 Å². The first-order valence-electron chi connectivity index (χ1n) is 8.73. The van der Waals surface area contributed by atoms with Crippen molar-refractivity contribution in [1.29, 1.82) is 0 Å². The molecule has 6 nitrogen and oxygen atoms in total. The van der Waals surface area contributed by atoms with Crippen molar-refractivity contribution in [2.75, 3.05) is 6.67 Å². The molecular weight excluding hydrogens is 339 g/mol. The van der Waals surface area contributed by atoms with Crippen molar-refractivity contribution < 1.29 is 23.5 Å². The third kappa shape index (κ3) is 7.63. The Kier molecular flexibility index (Phi) is 9.33. The molecule has 0 radical (unpaired) electrons. The van der Waals surface area contributed by atoms with E-state index in [9.17, 15) is 18.8 Å². The van der Waals surface area contributed by atoms with E-state index in [0.717, 1.165) is 5.56 Å². The Morgan fingerprint density at radius 2 is 1.73 bits per heavy atom. The molecule has 0 bridgehead atoms. The van der Waals surface area contributed by atoms with Gasteiger partial charge in [0.25, 0.3) is 0 Å². The van der Waals surface area contributed by atoms with Gasteiger partial charge in [-0.25, -0.2) is 9.18 Å². The number of rotatable bonds is 10. The summed E-state index contributed by atoms with van der Waals surface area (Å²) in [7, 11) is 0. The van der Waals surface area contributed by atoms with Gasteiger partial charge in [-0.2, -0.15) is 0 Å². The van der Waals surface area contributed by atoms with E-state index < -0.39 is 36.5 Å². The molecule has 0 aromatic heterocycles. The molecule has 0 aliphatic rings. The van der Waals surface area contributed by atoms with Crippen LogP contribution in [0, 0.1) is 5.92 Å². The molecule has 2 N–H and O–H groups in total. The molecule has 26 heavy (non-hydrogen) atoms. The Morgan fingerprint density at radius 1 is 1.08 bits per heavy atom. The molecule has 7 heteroatoms. The zero-order valence-electron chi connectivity index (χ0n) is 15.5. The highest BCUT2D eigenvalue weighted by molar-refractivity contribution is 5.92. The molecule has 0 saturated carbocycles. The molecule has 0 spiro atoms. The zero-order chi connectivity index (χ0) is 19.5. The number of carbonyl (C=O) groups excluding carboxylic acids is 3. The van der Waals surface area contributed by atoms with Crippen molar-refractivity contribution in [1.82, 2.24) is 10.6 Å². The molecule has 0 aliphatic heterocycles. The summed E-state index contributed by atoms with van der Waals surface area (Å²) < 4.78 is 17.7. The number of carbonyl (C=O) groups is 3. The Morgan fingerprint density at radius 3 is 2.27 bits per heavy atom. The standard InChI is InChI=1S/C19H27FN2O4/c1-4-15(17(23)11-20)21-18(24)16(10-13(2)3)22-19(25)26-12-14-8-6-5-7-9-14/h5-9,13,15-16H,4,10-12H2,1-3H3,(H,21,24)(H,22,25)/t15?,16-/m0/s1. The summed E-state index contributed by atoms with van der Waals surface area (Å²) in [6.45, 7) is 4.43. The first-order valence-corrected chi connectivity index (χ1v) is 8.73. The lowest BCUT2D eigenvalue weighted by Crippen LogP contribution is -2.52. The van der Waals surface area contributed by atoms with Gasteiger partial charge in [-0.3, -0.25) is 9.59 Å². The highest BCUT2D eigenvalue weighted by Crippen LogP contribution is 2.07. The van der Waals surface area contributed by atoms with Crippen molar-refractivity contribution >= 4 is 17.8 Å². The maximum Gasteiger partial charge on any atom is 0.408 e. The van der Waals surface area contributed by atoms with Crippen molar-refractivity contribution in [3.8, 4) is 0 Å². The molecule has 0 saturated heterocycles. The molecule has 1 aromatic carbocycles. The summed E-state index contributed by atoms with van der Waals surface area (Å²) in [6, 6.07) is 7.40. The zero-order valence-corrected chi connectivity index (χ0v) is 15.5. The predicted molar refractivity (Wildman–Crippen MR) is 96.2 cm³/mol. The lowest BCUT2D eigenvalue weighted by atomic mass is 10.0. The number of ketones is 1. The van der Waals surface area contributed by atoms with E-state index in [4.69, 9.17) is 4.74 Å². The van der Waals surface area contributed by atoms with Crippen LogP contribution in [0.3, 0.4) is 0 Å². The number of Topliss-reactive ketones (excluding diaryl/α,β-unsaturated/α-hetero) is 1. The average Bonchev–Trinajstić information content (AvgIpc) is 2.63. The normalized spacial score (nSPS) is 13.0. The fourth-order valence-electron chi connectivity index (χ4n) is 2.39. The quantitative estimate of drug-likeness (QED) is 0.667. The fourth-order valence-corrected chi connectivity index (χ4v) is 2.39. The van der Waals surface area contributed by atoms with Crippen molar-refractivity contribution in [3.63, 3.8) is 0 Å². The number of alkyl carbamates (subject to hydrolysis) is 1. The summed E-state index contributed by atoms with van der Waals surface area (Å²) in [5.74, 6) is -1.09. The minimum Gasteiger partial charge on any atom is -0.445 e. The minimum absolute atomic E-state index is 0.0839. The van der Waals surface area contributed by atoms with E-state index in [0.29, 0.717) is 6.42 Å². The lowest BCUT2D eigenvalue weighted by Gasteiger charge is -2.22. The van der Waals surface area contributed by atoms with Gasteiger partial charge in [-0.15, -0.1) is 0 Å². The van der Waals surface area contributed by atoms with Crippen LogP contribution in [0.2, 0.25) is 0 Å². The first-order chi connectivity index (χ1) is 12.4. The van der Waals surface area contributed by atoms with E-state index in [-0.39, 0.29) is 18.9 Å². The number of alkyl halides is 1. The van der Waals surface area contributed by atoms with Crippen LogP contribution in [0.1, 0.15) is 39.2 Å². The monoisotopic (exact) mass is 366 g/mol. The van der Waals surface area contributed by atoms with E-state index in [1.165, 1.54) is 0 Å². The van der Waals surface area contributed by atoms with Crippen LogP contribution in [0.5, 0.6) is 0 Å². The maximum atomic E-state index is 12.6. The van der Waals surface area contributed by atoms with Crippen LogP contribution < -0.4 is 10.6 Å². The first kappa shape index (κ1) is 21.6. The van der Waals surface area contributed by atoms with E-state index in [1.54, 1.807) is 6.92 Å². The molecule has 2 amide bonds. The number of hydrogen-bond donors (Lipinski definition) is 2. The van der Waals surface area contributed by atoms with E-state index >= 15 is 0 Å². The summed E-state index contributed by atoms with van der Waals surface area (Å²) in [6.07, 6.45) is -0.0760. The Bertz CT molecular complexity index is 592.